The van der Waals surface area contributed by atoms with Gasteiger partial charge in [-0.2, -0.15) is 0 Å². The summed E-state index contributed by atoms with van der Waals surface area (Å²) in [5, 5.41) is 8.70. The minimum absolute atomic E-state index is 0.103. The Labute approximate surface area is 664 Å². The van der Waals surface area contributed by atoms with E-state index in [2.05, 4.69) is 328 Å². The second-order valence-corrected chi connectivity index (χ2v) is 35.1. The molecule has 0 aliphatic carbocycles. The van der Waals surface area contributed by atoms with E-state index in [4.69, 9.17) is 4.42 Å². The van der Waals surface area contributed by atoms with Crippen molar-refractivity contribution in [2.45, 2.75) is 105 Å². The predicted octanol–water partition coefficient (Wildman–Crippen LogP) is 27.5. The Bertz CT molecular complexity index is 7550. The van der Waals surface area contributed by atoms with Gasteiger partial charge in [0, 0.05) is 82.7 Å². The van der Waals surface area contributed by atoms with Crippen molar-refractivity contribution < 1.29 is 14.0 Å². The number of benzene rings is 15. The third-order valence-electron chi connectivity index (χ3n) is 24.2. The second kappa shape index (κ2) is 24.4. The predicted molar refractivity (Wildman–Crippen MR) is 480 cm³/mol. The van der Waals surface area contributed by atoms with Crippen molar-refractivity contribution in [3.63, 3.8) is 0 Å². The van der Waals surface area contributed by atoms with Crippen molar-refractivity contribution in [1.82, 2.24) is 8.97 Å². The van der Waals surface area contributed by atoms with Crippen molar-refractivity contribution in [3.05, 3.63) is 331 Å². The van der Waals surface area contributed by atoms with Crippen LogP contribution in [0.2, 0.25) is 0 Å². The highest BCUT2D eigenvalue weighted by molar-refractivity contribution is 7.00. The molecule has 5 nitrogen and oxygen atoms in total. The van der Waals surface area contributed by atoms with Crippen LogP contribution in [0.3, 0.4) is 0 Å². The zero-order valence-corrected chi connectivity index (χ0v) is 65.2. The fourth-order valence-electron chi connectivity index (χ4n) is 18.4. The summed E-state index contributed by atoms with van der Waals surface area (Å²) in [6.45, 7) is 26.9. The number of hydrogen-bond donors (Lipinski definition) is 0. The summed E-state index contributed by atoms with van der Waals surface area (Å²) >= 11 is 0. The SMILES string of the molecule is [2H]c1c([2H])c([2H])c2c(c1[2H])c1c([2H])c([2H])c([2H])c3c4ccccc4c4ccccc4c4cc5c(cc4n2c31)N(c1cccc2c1oc1ccccc12)c1cc(-c2ccc(C(C)(C)C)cc2)cc2c1B5c1ccc(-n3c4ccc(C(C)(C)C)cc4c4cc(C(C)(C)C)ccc43)cc1N2c1c(-c2ccccc2)cc(C(C)(C)C)cc1-c1ccccc1. The van der Waals surface area contributed by atoms with Crippen molar-refractivity contribution >= 4 is 161 Å². The standard InChI is InChI=1S/C106H87BN4O/c1-103(2,3)68-47-45-64(46-48-68)67-55-96-99-97(56-67)111(101-82(65-29-15-13-16-30-65)59-71(106(10,11)12)60-83(101)66-31-17-14-18-32-66)94-61-72(108-90-53-49-69(104(4,5)6)57-84(90)85-58-70(105(7,8)9)50-54-91(85)108)51-52-87(94)107(99)88-62-86-76-36-22-20-34-74(76)73-33-19-21-35-75(73)79-39-27-40-80-77-37-23-25-42-89(77)110(100(79)80)93(86)63-95(88)109(96)92-43-28-41-81-78-38-24-26-44-98(78)112-102(81)92/h13-63H,1-12H3/i23D,25D,27D,37D,39D,40D,42D. The van der Waals surface area contributed by atoms with E-state index in [9.17, 15) is 9.60 Å². The summed E-state index contributed by atoms with van der Waals surface area (Å²) in [6.07, 6.45) is 0. The van der Waals surface area contributed by atoms with E-state index in [1.807, 2.05) is 40.8 Å². The van der Waals surface area contributed by atoms with Gasteiger partial charge < -0.3 is 23.2 Å². The first kappa shape index (κ1) is 60.2. The normalized spacial score (nSPS) is 14.2. The minimum Gasteiger partial charge on any atom is -0.454 e. The molecule has 0 atom stereocenters. The maximum Gasteiger partial charge on any atom is 0.252 e. The first-order chi connectivity index (χ1) is 57.0. The number of furan rings is 1. The van der Waals surface area contributed by atoms with Gasteiger partial charge in [0.15, 0.2) is 5.58 Å². The maximum absolute atomic E-state index is 10.3. The lowest BCUT2D eigenvalue weighted by Gasteiger charge is -2.45. The van der Waals surface area contributed by atoms with Gasteiger partial charge in [0.05, 0.1) is 48.6 Å². The molecule has 0 amide bonds. The van der Waals surface area contributed by atoms with Crippen LogP contribution in [0, 0.1) is 0 Å². The summed E-state index contributed by atoms with van der Waals surface area (Å²) in [5.74, 6) is 0. The highest BCUT2D eigenvalue weighted by atomic mass is 16.3. The quantitative estimate of drug-likeness (QED) is 0.155. The Balaban J connectivity index is 1.01. The zero-order valence-electron chi connectivity index (χ0n) is 72.2. The van der Waals surface area contributed by atoms with E-state index in [0.717, 1.165) is 139 Å². The van der Waals surface area contributed by atoms with Gasteiger partial charge >= 0.3 is 0 Å². The Morgan fingerprint density at radius 3 is 1.41 bits per heavy atom. The number of para-hydroxylation sites is 4. The largest absolute Gasteiger partial charge is 0.454 e. The van der Waals surface area contributed by atoms with Gasteiger partial charge in [-0.15, -0.1) is 0 Å². The molecule has 0 saturated carbocycles. The van der Waals surface area contributed by atoms with Crippen molar-refractivity contribution in [3.8, 4) is 39.1 Å². The van der Waals surface area contributed by atoms with Crippen LogP contribution in [0.15, 0.2) is 314 Å². The molecule has 0 unspecified atom stereocenters. The molecule has 6 heteroatoms. The first-order valence-electron chi connectivity index (χ1n) is 42.8. The summed E-state index contributed by atoms with van der Waals surface area (Å²) in [5.41, 5.74) is 24.3. The van der Waals surface area contributed by atoms with Gasteiger partial charge in [0.25, 0.3) is 6.71 Å². The Morgan fingerprint density at radius 1 is 0.304 bits per heavy atom. The smallest absolute Gasteiger partial charge is 0.252 e. The molecule has 4 aromatic heterocycles. The molecule has 112 heavy (non-hydrogen) atoms. The van der Waals surface area contributed by atoms with E-state index in [-0.39, 0.29) is 68.2 Å². The molecule has 540 valence electrons. The molecule has 0 radical (unpaired) electrons. The van der Waals surface area contributed by atoms with Crippen LogP contribution in [0.5, 0.6) is 0 Å². The van der Waals surface area contributed by atoms with E-state index in [1.54, 1.807) is 0 Å². The van der Waals surface area contributed by atoms with Gasteiger partial charge in [0.2, 0.25) is 0 Å². The monoisotopic (exact) mass is 1450 g/mol. The van der Waals surface area contributed by atoms with Crippen LogP contribution in [0.4, 0.5) is 34.1 Å². The van der Waals surface area contributed by atoms with Gasteiger partial charge in [0.1, 0.15) is 5.58 Å². The number of rotatable bonds is 6. The lowest BCUT2D eigenvalue weighted by molar-refractivity contribution is 0.590. The van der Waals surface area contributed by atoms with E-state index in [0.29, 0.717) is 27.4 Å². The van der Waals surface area contributed by atoms with Crippen LogP contribution < -0.4 is 26.2 Å². The van der Waals surface area contributed by atoms with Gasteiger partial charge in [-0.05, 0) is 189 Å². The third kappa shape index (κ3) is 10.3. The van der Waals surface area contributed by atoms with Crippen molar-refractivity contribution in [2.75, 3.05) is 9.80 Å². The highest BCUT2D eigenvalue weighted by Crippen LogP contribution is 2.55. The van der Waals surface area contributed by atoms with Crippen LogP contribution in [0.1, 0.15) is 115 Å². The number of fused-ring (bicyclic) bond motifs is 20. The van der Waals surface area contributed by atoms with Crippen LogP contribution in [-0.2, 0) is 21.7 Å². The average Bonchev–Trinajstić information content (AvgIpc) is 1.67. The number of aromatic nitrogens is 2. The lowest BCUT2D eigenvalue weighted by atomic mass is 9.33. The average molecular weight is 1450 g/mol. The molecule has 0 spiro atoms. The molecule has 6 heterocycles. The number of nitrogens with zero attached hydrogens (tertiary/aromatic N) is 4. The van der Waals surface area contributed by atoms with E-state index < -0.39 is 18.8 Å². The van der Waals surface area contributed by atoms with Crippen LogP contribution in [0.25, 0.3) is 142 Å². The van der Waals surface area contributed by atoms with Crippen molar-refractivity contribution in [1.29, 1.82) is 0 Å². The molecule has 2 aliphatic rings. The molecule has 0 saturated heterocycles. The van der Waals surface area contributed by atoms with Gasteiger partial charge in [-0.1, -0.05) is 307 Å². The molecule has 15 aromatic carbocycles. The molecule has 2 aliphatic heterocycles. The minimum atomic E-state index is -0.566. The summed E-state index contributed by atoms with van der Waals surface area (Å²) in [4.78, 5) is 5.03. The van der Waals surface area contributed by atoms with Gasteiger partial charge in [-0.3, -0.25) is 0 Å². The highest BCUT2D eigenvalue weighted by Gasteiger charge is 2.46. The molecular formula is C106H87BN4O. The topological polar surface area (TPSA) is 29.0 Å². The van der Waals surface area contributed by atoms with Crippen LogP contribution in [-0.4, -0.2) is 15.7 Å². The van der Waals surface area contributed by atoms with Gasteiger partial charge in [-0.25, -0.2) is 0 Å². The number of anilines is 6. The summed E-state index contributed by atoms with van der Waals surface area (Å²) in [7, 11) is 0. The first-order valence-corrected chi connectivity index (χ1v) is 39.3. The Morgan fingerprint density at radius 2 is 0.804 bits per heavy atom. The van der Waals surface area contributed by atoms with Crippen LogP contribution >= 0.6 is 0 Å². The Kier molecular flexibility index (Phi) is 13.1. The fraction of sp³-hybridized carbons (Fsp3) is 0.151. The molecule has 0 fully saturated rings. The molecular weight excluding hydrogens is 1360 g/mol. The molecule has 0 bridgehead atoms. The zero-order chi connectivity index (χ0) is 82.3. The number of hydrogen-bond acceptors (Lipinski definition) is 3. The van der Waals surface area contributed by atoms with E-state index in [1.165, 1.54) is 33.0 Å². The lowest BCUT2D eigenvalue weighted by Crippen LogP contribution is -2.61. The van der Waals surface area contributed by atoms with Crippen molar-refractivity contribution in [2.24, 2.45) is 0 Å². The van der Waals surface area contributed by atoms with E-state index >= 15 is 0 Å². The maximum atomic E-state index is 10.3. The second-order valence-electron chi connectivity index (χ2n) is 35.1. The molecule has 21 rings (SSSR count). The Hall–Kier alpha value is -12.6. The molecule has 0 N–H and O–H groups in total. The molecule has 19 aromatic rings. The fourth-order valence-corrected chi connectivity index (χ4v) is 18.4. The third-order valence-corrected chi connectivity index (χ3v) is 24.2. The summed E-state index contributed by atoms with van der Waals surface area (Å²) in [6, 6.07) is 95.2. The summed E-state index contributed by atoms with van der Waals surface area (Å²) < 4.78 is 81.3.